The summed E-state index contributed by atoms with van der Waals surface area (Å²) in [6.45, 7) is 0.554. The average molecular weight is 193 g/mol. The fraction of sp³-hybridized carbons (Fsp3) is 0.300. The molecule has 4 nitrogen and oxygen atoms in total. The van der Waals surface area contributed by atoms with Gasteiger partial charge in [0.15, 0.2) is 0 Å². The van der Waals surface area contributed by atoms with E-state index in [4.69, 9.17) is 14.7 Å². The largest absolute Gasteiger partial charge is 0.497 e. The van der Waals surface area contributed by atoms with Gasteiger partial charge in [0.1, 0.15) is 11.5 Å². The van der Waals surface area contributed by atoms with Gasteiger partial charge in [0.25, 0.3) is 0 Å². The number of nitrogens with zero attached hydrogens (tertiary/aromatic N) is 1. The molecule has 0 bridgehead atoms. The Morgan fingerprint density at radius 2 is 2.36 bits per heavy atom. The molecule has 0 aliphatic carbocycles. The molecule has 74 valence electrons. The summed E-state index contributed by atoms with van der Waals surface area (Å²) < 4.78 is 10.5. The van der Waals surface area contributed by atoms with E-state index in [1.807, 2.05) is 18.2 Å². The summed E-state index contributed by atoms with van der Waals surface area (Å²) in [5, 5.41) is 12.0. The van der Waals surface area contributed by atoms with E-state index in [0.29, 0.717) is 18.7 Å². The number of fused-ring (bicyclic) bond motifs is 1. The molecule has 1 aromatic carbocycles. The molecule has 4 heteroatoms. The number of methoxy groups -OCH3 is 1. The van der Waals surface area contributed by atoms with Gasteiger partial charge in [0.05, 0.1) is 19.4 Å². The number of rotatable bonds is 1. The molecule has 1 heterocycles. The Bertz CT molecular complexity index is 374. The predicted octanol–water partition coefficient (Wildman–Crippen LogP) is 1.66. The minimum atomic E-state index is 0.554. The summed E-state index contributed by atoms with van der Waals surface area (Å²) in [6, 6.07) is 5.45. The Labute approximate surface area is 81.8 Å². The molecule has 2 rings (SSSR count). The minimum Gasteiger partial charge on any atom is -0.497 e. The summed E-state index contributed by atoms with van der Waals surface area (Å²) in [4.78, 5) is 0. The summed E-state index contributed by atoms with van der Waals surface area (Å²) in [6.07, 6.45) is 0.622. The van der Waals surface area contributed by atoms with Crippen LogP contribution in [0.2, 0.25) is 0 Å². The van der Waals surface area contributed by atoms with Gasteiger partial charge in [-0.25, -0.2) is 0 Å². The van der Waals surface area contributed by atoms with Crippen LogP contribution in [0.5, 0.6) is 11.5 Å². The van der Waals surface area contributed by atoms with Crippen molar-refractivity contribution >= 4 is 5.71 Å². The molecular formula is C10H11NO3. The first-order valence-corrected chi connectivity index (χ1v) is 4.37. The zero-order valence-electron chi connectivity index (χ0n) is 7.86. The SMILES string of the molecule is COc1ccc2c(c1)C(=NO)CCO2. The van der Waals surface area contributed by atoms with E-state index in [1.54, 1.807) is 7.11 Å². The molecule has 1 N–H and O–H groups in total. The molecule has 0 saturated carbocycles. The van der Waals surface area contributed by atoms with Crippen LogP contribution in [0.3, 0.4) is 0 Å². The maximum Gasteiger partial charge on any atom is 0.128 e. The monoisotopic (exact) mass is 193 g/mol. The van der Waals surface area contributed by atoms with E-state index < -0.39 is 0 Å². The van der Waals surface area contributed by atoms with Gasteiger partial charge in [-0.1, -0.05) is 5.16 Å². The lowest BCUT2D eigenvalue weighted by Crippen LogP contribution is -2.16. The molecule has 0 unspecified atom stereocenters. The van der Waals surface area contributed by atoms with Crippen molar-refractivity contribution in [2.75, 3.05) is 13.7 Å². The minimum absolute atomic E-state index is 0.554. The van der Waals surface area contributed by atoms with E-state index in [0.717, 1.165) is 17.1 Å². The van der Waals surface area contributed by atoms with Crippen LogP contribution in [-0.4, -0.2) is 24.6 Å². The van der Waals surface area contributed by atoms with Crippen LogP contribution in [0.25, 0.3) is 0 Å². The van der Waals surface area contributed by atoms with Gasteiger partial charge in [-0.2, -0.15) is 0 Å². The highest BCUT2D eigenvalue weighted by Crippen LogP contribution is 2.28. The second-order valence-electron chi connectivity index (χ2n) is 3.01. The third kappa shape index (κ3) is 1.39. The molecule has 0 amide bonds. The quantitative estimate of drug-likeness (QED) is 0.545. The summed E-state index contributed by atoms with van der Waals surface area (Å²) in [5.74, 6) is 1.47. The third-order valence-electron chi connectivity index (χ3n) is 2.21. The molecule has 0 saturated heterocycles. The van der Waals surface area contributed by atoms with Crippen molar-refractivity contribution in [3.05, 3.63) is 23.8 Å². The predicted molar refractivity (Wildman–Crippen MR) is 51.4 cm³/mol. The van der Waals surface area contributed by atoms with Crippen LogP contribution >= 0.6 is 0 Å². The normalized spacial score (nSPS) is 17.4. The lowest BCUT2D eigenvalue weighted by molar-refractivity contribution is 0.297. The fourth-order valence-electron chi connectivity index (χ4n) is 1.48. The Hall–Kier alpha value is -1.71. The number of ether oxygens (including phenoxy) is 2. The Morgan fingerprint density at radius 1 is 1.50 bits per heavy atom. The Morgan fingerprint density at radius 3 is 3.07 bits per heavy atom. The average Bonchev–Trinajstić information content (AvgIpc) is 2.27. The molecule has 0 spiro atoms. The molecule has 14 heavy (non-hydrogen) atoms. The first-order chi connectivity index (χ1) is 6.85. The van der Waals surface area contributed by atoms with E-state index >= 15 is 0 Å². The van der Waals surface area contributed by atoms with Gasteiger partial charge in [0.2, 0.25) is 0 Å². The highest BCUT2D eigenvalue weighted by Gasteiger charge is 2.17. The lowest BCUT2D eigenvalue weighted by Gasteiger charge is -2.18. The second-order valence-corrected chi connectivity index (χ2v) is 3.01. The molecule has 1 aliphatic heterocycles. The molecule has 0 radical (unpaired) electrons. The van der Waals surface area contributed by atoms with Crippen LogP contribution in [-0.2, 0) is 0 Å². The number of oxime groups is 1. The van der Waals surface area contributed by atoms with Crippen LogP contribution in [0, 0.1) is 0 Å². The van der Waals surface area contributed by atoms with Gasteiger partial charge >= 0.3 is 0 Å². The van der Waals surface area contributed by atoms with Crippen molar-refractivity contribution in [3.8, 4) is 11.5 Å². The summed E-state index contributed by atoms with van der Waals surface area (Å²) in [7, 11) is 1.60. The summed E-state index contributed by atoms with van der Waals surface area (Å²) in [5.41, 5.74) is 1.45. The molecule has 0 atom stereocenters. The van der Waals surface area contributed by atoms with Crippen LogP contribution < -0.4 is 9.47 Å². The lowest BCUT2D eigenvalue weighted by atomic mass is 10.0. The topological polar surface area (TPSA) is 51.0 Å². The maximum absolute atomic E-state index is 8.79. The van der Waals surface area contributed by atoms with Crippen LogP contribution in [0.15, 0.2) is 23.4 Å². The van der Waals surface area contributed by atoms with Gasteiger partial charge in [-0.3, -0.25) is 0 Å². The zero-order valence-corrected chi connectivity index (χ0v) is 7.86. The van der Waals surface area contributed by atoms with Gasteiger partial charge in [0, 0.05) is 12.0 Å². The first kappa shape index (κ1) is 8.87. The van der Waals surface area contributed by atoms with Crippen molar-refractivity contribution in [2.24, 2.45) is 5.16 Å². The molecular weight excluding hydrogens is 182 g/mol. The first-order valence-electron chi connectivity index (χ1n) is 4.37. The van der Waals surface area contributed by atoms with E-state index in [1.165, 1.54) is 0 Å². The Balaban J connectivity index is 2.49. The fourth-order valence-corrected chi connectivity index (χ4v) is 1.48. The van der Waals surface area contributed by atoms with E-state index in [-0.39, 0.29) is 0 Å². The van der Waals surface area contributed by atoms with E-state index in [2.05, 4.69) is 5.16 Å². The van der Waals surface area contributed by atoms with Gasteiger partial charge in [-0.05, 0) is 18.2 Å². The summed E-state index contributed by atoms with van der Waals surface area (Å²) >= 11 is 0. The molecule has 0 fully saturated rings. The van der Waals surface area contributed by atoms with Crippen molar-refractivity contribution in [1.82, 2.24) is 0 Å². The maximum atomic E-state index is 8.79. The van der Waals surface area contributed by atoms with Crippen LogP contribution in [0.4, 0.5) is 0 Å². The Kier molecular flexibility index (Phi) is 2.26. The number of hydrogen-bond donors (Lipinski definition) is 1. The van der Waals surface area contributed by atoms with Crippen LogP contribution in [0.1, 0.15) is 12.0 Å². The standard InChI is InChI=1S/C10H11NO3/c1-13-7-2-3-10-8(6-7)9(11-12)4-5-14-10/h2-3,6,12H,4-5H2,1H3. The molecule has 1 aliphatic rings. The highest BCUT2D eigenvalue weighted by molar-refractivity contribution is 6.03. The van der Waals surface area contributed by atoms with Crippen molar-refractivity contribution in [2.45, 2.75) is 6.42 Å². The molecule has 0 aromatic heterocycles. The van der Waals surface area contributed by atoms with E-state index in [9.17, 15) is 0 Å². The smallest absolute Gasteiger partial charge is 0.128 e. The van der Waals surface area contributed by atoms with Gasteiger partial charge < -0.3 is 14.7 Å². The zero-order chi connectivity index (χ0) is 9.97. The molecule has 1 aromatic rings. The van der Waals surface area contributed by atoms with Crippen molar-refractivity contribution in [3.63, 3.8) is 0 Å². The van der Waals surface area contributed by atoms with Crippen molar-refractivity contribution in [1.29, 1.82) is 0 Å². The number of benzene rings is 1. The third-order valence-corrected chi connectivity index (χ3v) is 2.21. The second kappa shape index (κ2) is 3.57. The number of hydrogen-bond acceptors (Lipinski definition) is 4. The van der Waals surface area contributed by atoms with Crippen molar-refractivity contribution < 1.29 is 14.7 Å². The van der Waals surface area contributed by atoms with Gasteiger partial charge in [-0.15, -0.1) is 0 Å². The highest BCUT2D eigenvalue weighted by atomic mass is 16.5.